The standard InChI is InChI=1S/C12H19NO5S/c1-3-5-10(14)13-8-19-7-9(13)12(16)18-6-11(15)17-4-2/h9H,3-8H2,1-2H3. The first-order chi connectivity index (χ1) is 9.10. The van der Waals surface area contributed by atoms with E-state index >= 15 is 0 Å². The summed E-state index contributed by atoms with van der Waals surface area (Å²) in [5.74, 6) is -0.157. The van der Waals surface area contributed by atoms with Crippen LogP contribution in [0.5, 0.6) is 0 Å². The quantitative estimate of drug-likeness (QED) is 0.673. The molecule has 1 unspecified atom stereocenters. The number of amides is 1. The molecule has 0 aromatic carbocycles. The Balaban J connectivity index is 2.46. The summed E-state index contributed by atoms with van der Waals surface area (Å²) in [4.78, 5) is 36.3. The van der Waals surface area contributed by atoms with Crippen LogP contribution in [-0.2, 0) is 23.9 Å². The van der Waals surface area contributed by atoms with Crippen molar-refractivity contribution in [3.63, 3.8) is 0 Å². The molecule has 0 aromatic heterocycles. The van der Waals surface area contributed by atoms with Crippen molar-refractivity contribution in [3.05, 3.63) is 0 Å². The first kappa shape index (κ1) is 15.8. The Bertz CT molecular complexity index is 347. The summed E-state index contributed by atoms with van der Waals surface area (Å²) < 4.78 is 9.54. The molecule has 1 aliphatic heterocycles. The van der Waals surface area contributed by atoms with Crippen molar-refractivity contribution in [2.75, 3.05) is 24.8 Å². The smallest absolute Gasteiger partial charge is 0.344 e. The maximum absolute atomic E-state index is 11.8. The second-order valence-electron chi connectivity index (χ2n) is 4.04. The van der Waals surface area contributed by atoms with Gasteiger partial charge in [0.2, 0.25) is 5.91 Å². The summed E-state index contributed by atoms with van der Waals surface area (Å²) in [6, 6.07) is -0.585. The fourth-order valence-electron chi connectivity index (χ4n) is 1.67. The highest BCUT2D eigenvalue weighted by molar-refractivity contribution is 7.99. The molecule has 0 aliphatic carbocycles. The first-order valence-corrected chi connectivity index (χ1v) is 7.45. The average molecular weight is 289 g/mol. The van der Waals surface area contributed by atoms with E-state index in [0.717, 1.165) is 6.42 Å². The topological polar surface area (TPSA) is 72.9 Å². The minimum absolute atomic E-state index is 0.0504. The molecule has 19 heavy (non-hydrogen) atoms. The highest BCUT2D eigenvalue weighted by Gasteiger charge is 2.35. The van der Waals surface area contributed by atoms with Crippen LogP contribution in [0.1, 0.15) is 26.7 Å². The van der Waals surface area contributed by atoms with Gasteiger partial charge in [-0.2, -0.15) is 0 Å². The van der Waals surface area contributed by atoms with Crippen LogP contribution in [0.25, 0.3) is 0 Å². The zero-order valence-corrected chi connectivity index (χ0v) is 12.0. The van der Waals surface area contributed by atoms with Gasteiger partial charge < -0.3 is 14.4 Å². The van der Waals surface area contributed by atoms with Gasteiger partial charge in [-0.3, -0.25) is 4.79 Å². The summed E-state index contributed by atoms with van der Waals surface area (Å²) in [5.41, 5.74) is 0. The van der Waals surface area contributed by atoms with Gasteiger partial charge >= 0.3 is 11.9 Å². The summed E-state index contributed by atoms with van der Waals surface area (Å²) >= 11 is 1.51. The molecule has 1 atom stereocenters. The van der Waals surface area contributed by atoms with Gasteiger partial charge in [-0.25, -0.2) is 9.59 Å². The fourth-order valence-corrected chi connectivity index (χ4v) is 2.84. The summed E-state index contributed by atoms with van der Waals surface area (Å²) in [6.07, 6.45) is 1.16. The van der Waals surface area contributed by atoms with Crippen LogP contribution in [0.15, 0.2) is 0 Å². The van der Waals surface area contributed by atoms with Crippen LogP contribution in [0.4, 0.5) is 0 Å². The second kappa shape index (κ2) is 8.04. The predicted octanol–water partition coefficient (Wildman–Crippen LogP) is 0.794. The van der Waals surface area contributed by atoms with E-state index in [4.69, 9.17) is 4.74 Å². The molecule has 108 valence electrons. The molecule has 1 amide bonds. The van der Waals surface area contributed by atoms with E-state index in [2.05, 4.69) is 4.74 Å². The lowest BCUT2D eigenvalue weighted by Crippen LogP contribution is -2.43. The van der Waals surface area contributed by atoms with E-state index in [1.165, 1.54) is 16.7 Å². The van der Waals surface area contributed by atoms with Crippen LogP contribution >= 0.6 is 11.8 Å². The second-order valence-corrected chi connectivity index (χ2v) is 5.04. The zero-order chi connectivity index (χ0) is 14.3. The minimum atomic E-state index is -0.585. The number of rotatable bonds is 6. The van der Waals surface area contributed by atoms with Gasteiger partial charge in [0.1, 0.15) is 6.04 Å². The van der Waals surface area contributed by atoms with Crippen molar-refractivity contribution < 1.29 is 23.9 Å². The Morgan fingerprint density at radius 1 is 1.26 bits per heavy atom. The van der Waals surface area contributed by atoms with E-state index in [-0.39, 0.29) is 12.5 Å². The Labute approximate surface area is 116 Å². The van der Waals surface area contributed by atoms with Crippen molar-refractivity contribution in [1.29, 1.82) is 0 Å². The van der Waals surface area contributed by atoms with Crippen molar-refractivity contribution in [2.45, 2.75) is 32.7 Å². The average Bonchev–Trinajstić information content (AvgIpc) is 2.86. The lowest BCUT2D eigenvalue weighted by atomic mass is 10.2. The maximum atomic E-state index is 11.8. The molecule has 6 nitrogen and oxygen atoms in total. The number of carbonyl (C=O) groups excluding carboxylic acids is 3. The van der Waals surface area contributed by atoms with Gasteiger partial charge in [0.05, 0.1) is 12.5 Å². The molecule has 1 saturated heterocycles. The van der Waals surface area contributed by atoms with E-state index in [1.54, 1.807) is 6.92 Å². The van der Waals surface area contributed by atoms with Crippen LogP contribution in [0, 0.1) is 0 Å². The van der Waals surface area contributed by atoms with Gasteiger partial charge in [0.25, 0.3) is 0 Å². The normalized spacial score (nSPS) is 18.2. The Kier molecular flexibility index (Phi) is 6.69. The fraction of sp³-hybridized carbons (Fsp3) is 0.750. The van der Waals surface area contributed by atoms with E-state index < -0.39 is 24.6 Å². The lowest BCUT2D eigenvalue weighted by Gasteiger charge is -2.21. The van der Waals surface area contributed by atoms with Crippen LogP contribution in [0.2, 0.25) is 0 Å². The lowest BCUT2D eigenvalue weighted by molar-refractivity contribution is -0.162. The van der Waals surface area contributed by atoms with Gasteiger partial charge in [0.15, 0.2) is 6.61 Å². The summed E-state index contributed by atoms with van der Waals surface area (Å²) in [5, 5.41) is 0. The Morgan fingerprint density at radius 3 is 2.63 bits per heavy atom. The number of nitrogens with zero attached hydrogens (tertiary/aromatic N) is 1. The van der Waals surface area contributed by atoms with Crippen molar-refractivity contribution in [1.82, 2.24) is 4.90 Å². The Morgan fingerprint density at radius 2 is 2.00 bits per heavy atom. The van der Waals surface area contributed by atoms with Crippen LogP contribution in [-0.4, -0.2) is 53.6 Å². The molecule has 0 saturated carbocycles. The van der Waals surface area contributed by atoms with Gasteiger partial charge in [-0.15, -0.1) is 11.8 Å². The zero-order valence-electron chi connectivity index (χ0n) is 11.2. The van der Waals surface area contributed by atoms with Crippen LogP contribution < -0.4 is 0 Å². The predicted molar refractivity (Wildman–Crippen MR) is 70.5 cm³/mol. The monoisotopic (exact) mass is 289 g/mol. The van der Waals surface area contributed by atoms with Gasteiger partial charge in [0, 0.05) is 12.2 Å². The highest BCUT2D eigenvalue weighted by Crippen LogP contribution is 2.22. The molecule has 7 heteroatoms. The molecule has 0 N–H and O–H groups in total. The number of hydrogen-bond donors (Lipinski definition) is 0. The molecule has 1 rings (SSSR count). The van der Waals surface area contributed by atoms with E-state index in [9.17, 15) is 14.4 Å². The number of carbonyl (C=O) groups is 3. The summed E-state index contributed by atoms with van der Waals surface area (Å²) in [7, 11) is 0. The van der Waals surface area contributed by atoms with Gasteiger partial charge in [-0.1, -0.05) is 6.92 Å². The molecule has 0 spiro atoms. The number of esters is 2. The molecular formula is C12H19NO5S. The molecule has 0 bridgehead atoms. The SMILES string of the molecule is CCCC(=O)N1CSCC1C(=O)OCC(=O)OCC. The van der Waals surface area contributed by atoms with Gasteiger partial charge in [-0.05, 0) is 13.3 Å². The minimum Gasteiger partial charge on any atom is -0.463 e. The van der Waals surface area contributed by atoms with E-state index in [1.807, 2.05) is 6.92 Å². The van der Waals surface area contributed by atoms with Crippen molar-refractivity contribution >= 4 is 29.6 Å². The molecule has 1 heterocycles. The number of thioether (sulfide) groups is 1. The third kappa shape index (κ3) is 4.74. The highest BCUT2D eigenvalue weighted by atomic mass is 32.2. The number of hydrogen-bond acceptors (Lipinski definition) is 6. The number of ether oxygens (including phenoxy) is 2. The van der Waals surface area contributed by atoms with Crippen LogP contribution in [0.3, 0.4) is 0 Å². The van der Waals surface area contributed by atoms with E-state index in [0.29, 0.717) is 18.1 Å². The summed E-state index contributed by atoms with van der Waals surface area (Å²) in [6.45, 7) is 3.44. The maximum Gasteiger partial charge on any atom is 0.344 e. The Hall–Kier alpha value is -1.24. The third-order valence-corrected chi connectivity index (χ3v) is 3.59. The van der Waals surface area contributed by atoms with Crippen molar-refractivity contribution in [3.8, 4) is 0 Å². The van der Waals surface area contributed by atoms with Crippen molar-refractivity contribution in [2.24, 2.45) is 0 Å². The largest absolute Gasteiger partial charge is 0.463 e. The molecule has 1 fully saturated rings. The molecule has 1 aliphatic rings. The third-order valence-electron chi connectivity index (χ3n) is 2.58. The molecule has 0 aromatic rings. The first-order valence-electron chi connectivity index (χ1n) is 6.29. The molecular weight excluding hydrogens is 270 g/mol. The molecule has 0 radical (unpaired) electrons.